The largest absolute Gasteiger partial charge is 0.449 e. The number of fused-ring (bicyclic) bond motifs is 3. The van der Waals surface area contributed by atoms with Crippen molar-refractivity contribution in [2.24, 2.45) is 0 Å². The topological polar surface area (TPSA) is 108 Å². The van der Waals surface area contributed by atoms with E-state index in [2.05, 4.69) is 22.8 Å². The summed E-state index contributed by atoms with van der Waals surface area (Å²) < 4.78 is 5.45. The fourth-order valence-corrected chi connectivity index (χ4v) is 4.21. The van der Waals surface area contributed by atoms with Crippen LogP contribution in [-0.4, -0.2) is 41.5 Å². The molecule has 0 aliphatic heterocycles. The van der Waals surface area contributed by atoms with Gasteiger partial charge in [-0.1, -0.05) is 66.7 Å². The van der Waals surface area contributed by atoms with Gasteiger partial charge < -0.3 is 25.6 Å². The molecule has 4 N–H and O–H groups in total. The molecule has 2 unspecified atom stereocenters. The zero-order chi connectivity index (χ0) is 23.4. The standard InChI is InChI=1S/C26H26N2O5/c1-16(29)28-23-13-7-6-12-21(23)25(31)24(30)14-27-26(32)33-15-22-19-10-4-2-8-17(19)18-9-3-5-11-20(18)22/h2-13,22,24-25,30-31H,14-15H2,1H3,(H,27,32)(H,28,29). The lowest BCUT2D eigenvalue weighted by Crippen LogP contribution is -2.36. The molecule has 170 valence electrons. The van der Waals surface area contributed by atoms with Crippen LogP contribution in [0.1, 0.15) is 35.6 Å². The number of benzene rings is 3. The molecule has 1 aliphatic rings. The van der Waals surface area contributed by atoms with Crippen LogP contribution in [0.25, 0.3) is 11.1 Å². The Bertz CT molecular complexity index is 1120. The zero-order valence-corrected chi connectivity index (χ0v) is 18.2. The van der Waals surface area contributed by atoms with Crippen molar-refractivity contribution >= 4 is 17.7 Å². The van der Waals surface area contributed by atoms with E-state index in [0.29, 0.717) is 11.3 Å². The Kier molecular flexibility index (Phi) is 6.72. The van der Waals surface area contributed by atoms with Gasteiger partial charge in [-0.15, -0.1) is 0 Å². The number of amides is 2. The Morgan fingerprint density at radius 1 is 0.909 bits per heavy atom. The highest BCUT2D eigenvalue weighted by atomic mass is 16.5. The molecule has 7 heteroatoms. The Morgan fingerprint density at radius 3 is 2.12 bits per heavy atom. The average Bonchev–Trinajstić information content (AvgIpc) is 3.14. The number of hydrogen-bond donors (Lipinski definition) is 4. The molecule has 0 heterocycles. The molecule has 0 saturated heterocycles. The first-order chi connectivity index (χ1) is 16.0. The van der Waals surface area contributed by atoms with Crippen molar-refractivity contribution < 1.29 is 24.5 Å². The van der Waals surface area contributed by atoms with Crippen LogP contribution in [0.3, 0.4) is 0 Å². The molecule has 0 bridgehead atoms. The normalized spacial score (nSPS) is 14.0. The van der Waals surface area contributed by atoms with Crippen LogP contribution in [0.2, 0.25) is 0 Å². The summed E-state index contributed by atoms with van der Waals surface area (Å²) in [7, 11) is 0. The summed E-state index contributed by atoms with van der Waals surface area (Å²) in [6.07, 6.45) is -3.28. The van der Waals surface area contributed by atoms with E-state index in [1.165, 1.54) is 6.92 Å². The number of anilines is 1. The van der Waals surface area contributed by atoms with Gasteiger partial charge in [-0.3, -0.25) is 4.79 Å². The van der Waals surface area contributed by atoms with Gasteiger partial charge in [0.15, 0.2) is 0 Å². The number of ether oxygens (including phenoxy) is 1. The molecule has 7 nitrogen and oxygen atoms in total. The predicted octanol–water partition coefficient (Wildman–Crippen LogP) is 3.58. The molecule has 4 rings (SSSR count). The maximum absolute atomic E-state index is 12.3. The highest BCUT2D eigenvalue weighted by molar-refractivity contribution is 5.89. The molecule has 3 aromatic rings. The summed E-state index contributed by atoms with van der Waals surface area (Å²) in [6, 6.07) is 22.7. The fraction of sp³-hybridized carbons (Fsp3) is 0.231. The van der Waals surface area contributed by atoms with E-state index in [1.807, 2.05) is 36.4 Å². The third-order valence-electron chi connectivity index (χ3n) is 5.75. The van der Waals surface area contributed by atoms with Crippen LogP contribution in [-0.2, 0) is 9.53 Å². The van der Waals surface area contributed by atoms with Gasteiger partial charge in [0.1, 0.15) is 18.8 Å². The van der Waals surface area contributed by atoms with Gasteiger partial charge in [0.25, 0.3) is 0 Å². The van der Waals surface area contributed by atoms with Crippen LogP contribution < -0.4 is 10.6 Å². The molecule has 3 aromatic carbocycles. The second-order valence-corrected chi connectivity index (χ2v) is 7.99. The SMILES string of the molecule is CC(=O)Nc1ccccc1C(O)C(O)CNC(=O)OCC1c2ccccc2-c2ccccc21. The van der Waals surface area contributed by atoms with Crippen molar-refractivity contribution in [2.45, 2.75) is 25.0 Å². The van der Waals surface area contributed by atoms with Gasteiger partial charge in [-0.25, -0.2) is 4.79 Å². The Balaban J connectivity index is 1.35. The lowest BCUT2D eigenvalue weighted by Gasteiger charge is -2.21. The van der Waals surface area contributed by atoms with Gasteiger partial charge in [-0.2, -0.15) is 0 Å². The number of aliphatic hydroxyl groups excluding tert-OH is 2. The van der Waals surface area contributed by atoms with E-state index in [0.717, 1.165) is 22.3 Å². The minimum Gasteiger partial charge on any atom is -0.449 e. The fourth-order valence-electron chi connectivity index (χ4n) is 4.21. The lowest BCUT2D eigenvalue weighted by molar-refractivity contribution is -0.114. The van der Waals surface area contributed by atoms with E-state index in [-0.39, 0.29) is 25.0 Å². The van der Waals surface area contributed by atoms with Crippen molar-refractivity contribution in [1.82, 2.24) is 5.32 Å². The molecule has 1 aliphatic carbocycles. The molecule has 0 spiro atoms. The molecule has 0 radical (unpaired) electrons. The van der Waals surface area contributed by atoms with Crippen LogP contribution >= 0.6 is 0 Å². The van der Waals surface area contributed by atoms with Gasteiger partial charge in [-0.05, 0) is 28.3 Å². The second kappa shape index (κ2) is 9.85. The number of nitrogens with one attached hydrogen (secondary N) is 2. The highest BCUT2D eigenvalue weighted by Crippen LogP contribution is 2.44. The van der Waals surface area contributed by atoms with Gasteiger partial charge >= 0.3 is 6.09 Å². The third kappa shape index (κ3) is 4.89. The van der Waals surface area contributed by atoms with E-state index < -0.39 is 18.3 Å². The van der Waals surface area contributed by atoms with Crippen LogP contribution in [0, 0.1) is 0 Å². The lowest BCUT2D eigenvalue weighted by atomic mass is 9.98. The van der Waals surface area contributed by atoms with Crippen molar-refractivity contribution in [3.05, 3.63) is 89.5 Å². The Hall–Kier alpha value is -3.68. The predicted molar refractivity (Wildman–Crippen MR) is 125 cm³/mol. The Labute approximate surface area is 192 Å². The van der Waals surface area contributed by atoms with Gasteiger partial charge in [0.2, 0.25) is 5.91 Å². The van der Waals surface area contributed by atoms with Crippen LogP contribution in [0.5, 0.6) is 0 Å². The molecule has 0 aromatic heterocycles. The smallest absolute Gasteiger partial charge is 0.407 e. The van der Waals surface area contributed by atoms with Crippen molar-refractivity contribution in [3.63, 3.8) is 0 Å². The minimum atomic E-state index is -1.30. The quantitative estimate of drug-likeness (QED) is 0.444. The first-order valence-electron chi connectivity index (χ1n) is 10.8. The van der Waals surface area contributed by atoms with Gasteiger partial charge in [0.05, 0.1) is 0 Å². The first-order valence-corrected chi connectivity index (χ1v) is 10.8. The van der Waals surface area contributed by atoms with Crippen LogP contribution in [0.4, 0.5) is 10.5 Å². The number of alkyl carbamates (subject to hydrolysis) is 1. The Morgan fingerprint density at radius 2 is 1.48 bits per heavy atom. The number of para-hydroxylation sites is 1. The van der Waals surface area contributed by atoms with Gasteiger partial charge in [0, 0.05) is 30.6 Å². The summed E-state index contributed by atoms with van der Waals surface area (Å²) in [5.41, 5.74) is 5.25. The molecule has 2 atom stereocenters. The zero-order valence-electron chi connectivity index (χ0n) is 18.2. The number of hydrogen-bond acceptors (Lipinski definition) is 5. The monoisotopic (exact) mass is 446 g/mol. The maximum Gasteiger partial charge on any atom is 0.407 e. The number of aliphatic hydroxyl groups is 2. The maximum atomic E-state index is 12.3. The van der Waals surface area contributed by atoms with E-state index >= 15 is 0 Å². The molecule has 0 fully saturated rings. The molecular formula is C26H26N2O5. The first kappa shape index (κ1) is 22.5. The number of carbonyl (C=O) groups excluding carboxylic acids is 2. The molecular weight excluding hydrogens is 420 g/mol. The summed E-state index contributed by atoms with van der Waals surface area (Å²) in [4.78, 5) is 23.7. The third-order valence-corrected chi connectivity index (χ3v) is 5.75. The number of rotatable bonds is 7. The van der Waals surface area contributed by atoms with Crippen molar-refractivity contribution in [3.8, 4) is 11.1 Å². The summed E-state index contributed by atoms with van der Waals surface area (Å²) in [5.74, 6) is -0.357. The van der Waals surface area contributed by atoms with E-state index in [9.17, 15) is 19.8 Å². The summed E-state index contributed by atoms with van der Waals surface area (Å²) >= 11 is 0. The van der Waals surface area contributed by atoms with Crippen molar-refractivity contribution in [2.75, 3.05) is 18.5 Å². The summed E-state index contributed by atoms with van der Waals surface area (Å²) in [6.45, 7) is 1.30. The highest BCUT2D eigenvalue weighted by Gasteiger charge is 2.29. The van der Waals surface area contributed by atoms with Crippen molar-refractivity contribution in [1.29, 1.82) is 0 Å². The second-order valence-electron chi connectivity index (χ2n) is 7.99. The average molecular weight is 447 g/mol. The van der Waals surface area contributed by atoms with E-state index in [4.69, 9.17) is 4.74 Å². The van der Waals surface area contributed by atoms with Crippen LogP contribution in [0.15, 0.2) is 72.8 Å². The molecule has 2 amide bonds. The molecule has 0 saturated carbocycles. The van der Waals surface area contributed by atoms with E-state index in [1.54, 1.807) is 24.3 Å². The molecule has 33 heavy (non-hydrogen) atoms. The summed E-state index contributed by atoms with van der Waals surface area (Å²) in [5, 5.41) is 26.0. The number of carbonyl (C=O) groups is 2. The minimum absolute atomic E-state index is 0.0665.